The Morgan fingerprint density at radius 2 is 2.03 bits per heavy atom. The summed E-state index contributed by atoms with van der Waals surface area (Å²) in [4.78, 5) is 34.4. The Kier molecular flexibility index (Phi) is 8.27. The number of hydrogen-bond donors (Lipinski definition) is 3. The molecule has 9 heteroatoms. The molecule has 0 radical (unpaired) electrons. The average molecular weight is 438 g/mol. The van der Waals surface area contributed by atoms with Crippen LogP contribution in [0.4, 0.5) is 11.8 Å². The normalized spacial score (nSPS) is 24.4. The number of alkyl halides is 1. The number of aryl methyl sites for hydroxylation is 1. The Morgan fingerprint density at radius 3 is 2.80 bits per heavy atom. The predicted molar refractivity (Wildman–Crippen MR) is 117 cm³/mol. The highest BCUT2D eigenvalue weighted by Gasteiger charge is 2.28. The second-order valence-corrected chi connectivity index (χ2v) is 8.65. The number of rotatable bonds is 8. The van der Waals surface area contributed by atoms with Crippen LogP contribution in [0.2, 0.25) is 0 Å². The summed E-state index contributed by atoms with van der Waals surface area (Å²) >= 11 is 5.72. The zero-order valence-corrected chi connectivity index (χ0v) is 18.3. The van der Waals surface area contributed by atoms with Crippen molar-refractivity contribution in [3.05, 3.63) is 11.8 Å². The van der Waals surface area contributed by atoms with Crippen LogP contribution in [0.3, 0.4) is 0 Å². The molecule has 1 aliphatic heterocycles. The van der Waals surface area contributed by atoms with Crippen LogP contribution < -0.4 is 10.6 Å². The number of amides is 1. The number of nitrogens with zero attached hydrogens (tertiary/aromatic N) is 3. The first-order valence-electron chi connectivity index (χ1n) is 10.8. The number of aliphatic hydroxyl groups is 1. The lowest BCUT2D eigenvalue weighted by Crippen LogP contribution is -2.46. The van der Waals surface area contributed by atoms with Gasteiger partial charge in [-0.2, -0.15) is 4.98 Å². The molecule has 3 rings (SSSR count). The van der Waals surface area contributed by atoms with E-state index >= 15 is 0 Å². The summed E-state index contributed by atoms with van der Waals surface area (Å²) in [6, 6.07) is 0.244. The molecular formula is C21H32ClN5O3. The van der Waals surface area contributed by atoms with Crippen molar-refractivity contribution in [1.29, 1.82) is 0 Å². The fourth-order valence-corrected chi connectivity index (χ4v) is 4.54. The van der Waals surface area contributed by atoms with Gasteiger partial charge in [-0.3, -0.25) is 9.59 Å². The van der Waals surface area contributed by atoms with Crippen molar-refractivity contribution in [1.82, 2.24) is 14.9 Å². The Hall–Kier alpha value is -1.93. The van der Waals surface area contributed by atoms with E-state index in [1.807, 2.05) is 6.92 Å². The van der Waals surface area contributed by atoms with Gasteiger partial charge in [-0.05, 0) is 38.5 Å². The van der Waals surface area contributed by atoms with Gasteiger partial charge >= 0.3 is 0 Å². The molecule has 8 nitrogen and oxygen atoms in total. The van der Waals surface area contributed by atoms with Crippen molar-refractivity contribution in [2.75, 3.05) is 36.2 Å². The minimum Gasteiger partial charge on any atom is -0.387 e. The zero-order valence-electron chi connectivity index (χ0n) is 17.6. The number of ketones is 1. The first-order chi connectivity index (χ1) is 14.5. The minimum absolute atomic E-state index is 0.0496. The van der Waals surface area contributed by atoms with E-state index in [-0.39, 0.29) is 35.6 Å². The van der Waals surface area contributed by atoms with E-state index < -0.39 is 6.61 Å². The smallest absolute Gasteiger partial charge is 0.248 e. The van der Waals surface area contributed by atoms with Crippen molar-refractivity contribution in [3.63, 3.8) is 0 Å². The average Bonchev–Trinajstić information content (AvgIpc) is 2.76. The van der Waals surface area contributed by atoms with Crippen LogP contribution in [-0.4, -0.2) is 69.3 Å². The van der Waals surface area contributed by atoms with Gasteiger partial charge in [0.25, 0.3) is 0 Å². The predicted octanol–water partition coefficient (Wildman–Crippen LogP) is 2.35. The highest BCUT2D eigenvalue weighted by molar-refractivity contribution is 6.27. The van der Waals surface area contributed by atoms with E-state index in [1.54, 1.807) is 11.1 Å². The second kappa shape index (κ2) is 10.9. The summed E-state index contributed by atoms with van der Waals surface area (Å²) in [5, 5.41) is 16.0. The Morgan fingerprint density at radius 1 is 1.23 bits per heavy atom. The maximum absolute atomic E-state index is 11.9. The fourth-order valence-electron chi connectivity index (χ4n) is 4.43. The number of halogens is 1. The molecule has 3 atom stereocenters. The molecule has 166 valence electrons. The Balaban J connectivity index is 1.65. The summed E-state index contributed by atoms with van der Waals surface area (Å²) in [6.45, 7) is 2.71. The van der Waals surface area contributed by atoms with Crippen LogP contribution in [0.5, 0.6) is 0 Å². The van der Waals surface area contributed by atoms with Crippen LogP contribution in [0, 0.1) is 12.8 Å². The van der Waals surface area contributed by atoms with Gasteiger partial charge in [-0.15, -0.1) is 11.6 Å². The maximum Gasteiger partial charge on any atom is 0.248 e. The third kappa shape index (κ3) is 6.04. The summed E-state index contributed by atoms with van der Waals surface area (Å²) in [6.07, 6.45) is 8.39. The van der Waals surface area contributed by atoms with Gasteiger partial charge in [-0.25, -0.2) is 4.98 Å². The monoisotopic (exact) mass is 437 g/mol. The number of aromatic nitrogens is 2. The van der Waals surface area contributed by atoms with E-state index in [9.17, 15) is 9.59 Å². The highest BCUT2D eigenvalue weighted by atomic mass is 35.5. The zero-order chi connectivity index (χ0) is 21.5. The van der Waals surface area contributed by atoms with Crippen LogP contribution in [0.25, 0.3) is 0 Å². The van der Waals surface area contributed by atoms with Gasteiger partial charge in [0.15, 0.2) is 0 Å². The molecule has 1 aliphatic carbocycles. The molecule has 30 heavy (non-hydrogen) atoms. The van der Waals surface area contributed by atoms with Crippen LogP contribution in [-0.2, 0) is 9.59 Å². The van der Waals surface area contributed by atoms with Crippen molar-refractivity contribution in [2.45, 2.75) is 64.0 Å². The number of aliphatic hydroxyl groups excluding tert-OH is 1. The quantitative estimate of drug-likeness (QED) is 0.536. The number of likely N-dealkylation sites (tertiary alicyclic amines) is 1. The van der Waals surface area contributed by atoms with Gasteiger partial charge in [0.05, 0.1) is 5.88 Å². The molecular weight excluding hydrogens is 406 g/mol. The molecule has 2 fully saturated rings. The lowest BCUT2D eigenvalue weighted by Gasteiger charge is -2.33. The molecule has 1 amide bonds. The number of Topliss-reactive ketones (excluding diaryl/α,β-unsaturated/α-hetero) is 1. The van der Waals surface area contributed by atoms with Crippen molar-refractivity contribution < 1.29 is 14.7 Å². The molecule has 1 saturated carbocycles. The Bertz CT molecular complexity index is 747. The van der Waals surface area contributed by atoms with Crippen LogP contribution in [0.15, 0.2) is 6.20 Å². The molecule has 1 aromatic heterocycles. The van der Waals surface area contributed by atoms with E-state index in [2.05, 4.69) is 20.6 Å². The van der Waals surface area contributed by atoms with Gasteiger partial charge in [-0.1, -0.05) is 12.8 Å². The van der Waals surface area contributed by atoms with E-state index in [0.717, 1.165) is 49.9 Å². The van der Waals surface area contributed by atoms with Crippen LogP contribution >= 0.6 is 11.6 Å². The Labute approximate surface area is 182 Å². The third-order valence-corrected chi connectivity index (χ3v) is 6.38. The summed E-state index contributed by atoms with van der Waals surface area (Å²) in [5.74, 6) is 1.49. The van der Waals surface area contributed by atoms with Crippen molar-refractivity contribution in [3.8, 4) is 0 Å². The fraction of sp³-hybridized carbons (Fsp3) is 0.714. The van der Waals surface area contributed by atoms with Crippen LogP contribution in [0.1, 0.15) is 50.5 Å². The molecule has 3 N–H and O–H groups in total. The van der Waals surface area contributed by atoms with E-state index in [1.165, 1.54) is 0 Å². The van der Waals surface area contributed by atoms with Gasteiger partial charge in [0.1, 0.15) is 18.2 Å². The van der Waals surface area contributed by atoms with Crippen molar-refractivity contribution in [2.24, 2.45) is 5.92 Å². The summed E-state index contributed by atoms with van der Waals surface area (Å²) < 4.78 is 0. The molecule has 2 heterocycles. The number of piperidine rings is 1. The first-order valence-corrected chi connectivity index (χ1v) is 11.4. The number of carbonyl (C=O) groups excluding carboxylic acids is 2. The molecule has 1 aromatic rings. The van der Waals surface area contributed by atoms with Crippen molar-refractivity contribution >= 4 is 35.1 Å². The van der Waals surface area contributed by atoms with Gasteiger partial charge in [0, 0.05) is 43.4 Å². The molecule has 0 spiro atoms. The summed E-state index contributed by atoms with van der Waals surface area (Å²) in [5.41, 5.74) is 0.953. The lowest BCUT2D eigenvalue weighted by molar-refractivity contribution is -0.135. The maximum atomic E-state index is 11.9. The number of nitrogens with one attached hydrogen (secondary N) is 2. The second-order valence-electron chi connectivity index (χ2n) is 8.38. The van der Waals surface area contributed by atoms with E-state index in [0.29, 0.717) is 25.5 Å². The lowest BCUT2D eigenvalue weighted by atomic mass is 9.81. The standard InChI is InChI=1S/C21H32ClN5O3/c1-14-11-23-21(24-16-6-4-8-27(12-16)19(30)13-28)26-20(14)25-18-7-3-2-5-15(18)9-17(29)10-22/h11,15-16,18,28H,2-10,12-13H2,1H3,(H2,23,24,25,26)/t15-,16-,18+/m0/s1. The van der Waals surface area contributed by atoms with E-state index in [4.69, 9.17) is 16.7 Å². The summed E-state index contributed by atoms with van der Waals surface area (Å²) in [7, 11) is 0. The number of carbonyl (C=O) groups is 2. The SMILES string of the molecule is Cc1cnc(N[C@H]2CCCN(C(=O)CO)C2)nc1N[C@@H]1CCCC[C@H]1CC(=O)CCl. The molecule has 1 saturated heterocycles. The minimum atomic E-state index is -0.462. The van der Waals surface area contributed by atoms with Gasteiger partial charge in [0.2, 0.25) is 11.9 Å². The molecule has 0 bridgehead atoms. The molecule has 0 aromatic carbocycles. The number of hydrogen-bond acceptors (Lipinski definition) is 7. The molecule has 2 aliphatic rings. The molecule has 0 unspecified atom stereocenters. The third-order valence-electron chi connectivity index (χ3n) is 6.08. The van der Waals surface area contributed by atoms with Gasteiger partial charge < -0.3 is 20.6 Å². The first kappa shape index (κ1) is 22.7. The largest absolute Gasteiger partial charge is 0.387 e. The highest BCUT2D eigenvalue weighted by Crippen LogP contribution is 2.30. The number of anilines is 2. The topological polar surface area (TPSA) is 107 Å².